The topological polar surface area (TPSA) is 426 Å². The number of aliphatic hydroxyl groups excluding tert-OH is 1. The van der Waals surface area contributed by atoms with E-state index in [-0.39, 0.29) is 112 Å². The van der Waals surface area contributed by atoms with Crippen LogP contribution in [0.25, 0.3) is 33.3 Å². The van der Waals surface area contributed by atoms with E-state index in [1.54, 1.807) is 45.6 Å². The Hall–Kier alpha value is -10.4. The van der Waals surface area contributed by atoms with Gasteiger partial charge in [-0.2, -0.15) is 5.10 Å². The van der Waals surface area contributed by atoms with Gasteiger partial charge in [0.05, 0.1) is 82.1 Å². The first-order valence-corrected chi connectivity index (χ1v) is 43.7. The smallest absolute Gasteiger partial charge is 0.407 e. The van der Waals surface area contributed by atoms with E-state index in [0.29, 0.717) is 207 Å². The number of piperidine rings is 1. The molecule has 0 radical (unpaired) electrons. The number of unbranched alkanes of at least 4 members (excludes halogenated alkanes) is 1. The lowest BCUT2D eigenvalue weighted by Crippen LogP contribution is -2.54. The Morgan fingerprint density at radius 2 is 1.40 bits per heavy atom. The summed E-state index contributed by atoms with van der Waals surface area (Å²) in [6, 6.07) is 2.92. The highest BCUT2D eigenvalue weighted by molar-refractivity contribution is 6.38. The summed E-state index contributed by atoms with van der Waals surface area (Å²) in [6.45, 7) is 16.1. The Kier molecular flexibility index (Phi) is 36.5. The number of anilines is 3. The van der Waals surface area contributed by atoms with Gasteiger partial charge >= 0.3 is 12.1 Å². The second kappa shape index (κ2) is 48.1. The fraction of sp³-hybridized carbons (Fsp3) is 0.596. The van der Waals surface area contributed by atoms with Crippen molar-refractivity contribution in [1.82, 2.24) is 70.5 Å². The van der Waals surface area contributed by atoms with Gasteiger partial charge in [0.15, 0.2) is 5.65 Å². The number of Topliss-reactive ketones (excluding diaryl/α,β-unsaturated/α-hetero) is 3. The fourth-order valence-corrected chi connectivity index (χ4v) is 16.1. The molecule has 4 fully saturated rings. The number of pyridine rings is 1. The second-order valence-electron chi connectivity index (χ2n) is 32.7. The molecular weight excluding hydrogens is 1580 g/mol. The number of nitrogens with one attached hydrogen (secondary N) is 4. The predicted octanol–water partition coefficient (Wildman–Crippen LogP) is 9.01. The number of aliphatic hydroxyl groups is 1. The molecule has 5 aliphatic rings. The molecule has 123 heavy (non-hydrogen) atoms. The van der Waals surface area contributed by atoms with Crippen molar-refractivity contribution < 1.29 is 81.4 Å². The molecule has 4 aliphatic heterocycles. The second-order valence-corrected chi connectivity index (χ2v) is 32.7. The van der Waals surface area contributed by atoms with E-state index < -0.39 is 54.0 Å². The number of aromatic amines is 1. The summed E-state index contributed by atoms with van der Waals surface area (Å²) in [5.74, 6) is -2.23. The number of ketones is 3. The summed E-state index contributed by atoms with van der Waals surface area (Å²) in [6.07, 6.45) is 27.8. The number of hydrogen-bond acceptors (Lipinski definition) is 28. The van der Waals surface area contributed by atoms with Gasteiger partial charge in [-0.05, 0) is 145 Å². The Bertz CT molecular complexity index is 4580. The minimum Gasteiger partial charge on any atom is -0.460 e. The number of hydrogen-bond donors (Lipinski definition) is 6. The number of nitrogens with zero attached hydrogens (tertiary/aromatic N) is 12. The number of aryl methyl sites for hydroxylation is 1. The lowest BCUT2D eigenvalue weighted by Gasteiger charge is -2.36. The van der Waals surface area contributed by atoms with E-state index >= 15 is 0 Å². The van der Waals surface area contributed by atoms with Crippen LogP contribution >= 0.6 is 0 Å². The third kappa shape index (κ3) is 28.3. The highest BCUT2D eigenvalue weighted by Gasteiger charge is 2.42. The number of nitrogen functional groups attached to an aromatic ring is 1. The van der Waals surface area contributed by atoms with Gasteiger partial charge in [0.2, 0.25) is 23.6 Å². The number of ether oxygens (including phenoxy) is 8. The molecule has 0 spiro atoms. The van der Waals surface area contributed by atoms with Crippen molar-refractivity contribution in [3.63, 3.8) is 0 Å². The van der Waals surface area contributed by atoms with Crippen molar-refractivity contribution in [2.24, 2.45) is 23.7 Å². The zero-order chi connectivity index (χ0) is 87.0. The number of amides is 4. The number of aromatic nitrogens is 10. The number of methoxy groups -OCH3 is 1. The number of carbonyl (C=O) groups is 8. The molecular formula is C89H123N17O17. The molecule has 1 saturated carbocycles. The molecule has 11 rings (SSSR count). The van der Waals surface area contributed by atoms with Gasteiger partial charge in [-0.15, -0.1) is 0 Å². The number of alkyl carbamates (subject to hydrolysis) is 1. The van der Waals surface area contributed by atoms with Crippen molar-refractivity contribution in [3.05, 3.63) is 114 Å². The molecule has 34 heteroatoms. The van der Waals surface area contributed by atoms with Gasteiger partial charge in [-0.25, -0.2) is 49.2 Å². The van der Waals surface area contributed by atoms with Crippen LogP contribution in [0.4, 0.5) is 22.5 Å². The zero-order valence-electron chi connectivity index (χ0n) is 71.9. The summed E-state index contributed by atoms with van der Waals surface area (Å²) >= 11 is 0. The molecule has 9 atom stereocenters. The molecule has 6 aromatic heterocycles. The van der Waals surface area contributed by atoms with E-state index in [1.165, 1.54) is 23.6 Å². The normalized spacial score (nSPS) is 24.9. The minimum atomic E-state index is -1.09. The van der Waals surface area contributed by atoms with Crippen LogP contribution in [0.5, 0.6) is 0 Å². The largest absolute Gasteiger partial charge is 0.460 e. The molecule has 2 bridgehead atoms. The number of H-pyrrole nitrogens is 1. The van der Waals surface area contributed by atoms with Gasteiger partial charge in [-0.1, -0.05) is 57.2 Å². The van der Waals surface area contributed by atoms with Crippen LogP contribution in [0.2, 0.25) is 0 Å². The third-order valence-electron chi connectivity index (χ3n) is 23.4. The molecule has 3 saturated heterocycles. The van der Waals surface area contributed by atoms with Crippen LogP contribution in [-0.2, 0) is 79.8 Å². The van der Waals surface area contributed by atoms with E-state index in [4.69, 9.17) is 48.7 Å². The van der Waals surface area contributed by atoms with Gasteiger partial charge in [0.1, 0.15) is 59.4 Å². The average Bonchev–Trinajstić information content (AvgIpc) is 1.62. The molecule has 6 aromatic rings. The van der Waals surface area contributed by atoms with Crippen LogP contribution in [0.15, 0.2) is 103 Å². The van der Waals surface area contributed by atoms with Crippen LogP contribution in [-0.4, -0.2) is 255 Å². The van der Waals surface area contributed by atoms with Gasteiger partial charge < -0.3 is 84.4 Å². The first-order valence-electron chi connectivity index (χ1n) is 43.7. The summed E-state index contributed by atoms with van der Waals surface area (Å²) in [4.78, 5) is 149. The maximum Gasteiger partial charge on any atom is 0.407 e. The van der Waals surface area contributed by atoms with Crippen molar-refractivity contribution in [2.75, 3.05) is 121 Å². The molecule has 2 unspecified atom stereocenters. The molecule has 4 amide bonds. The maximum atomic E-state index is 14.5. The standard InChI is InChI=1S/C89H123N17O17/c1-58-15-8-7-9-16-59(2)76(116-6)49-69-17-14-19-75(121-69)80(111)85(113)105-31-12-10-18-71(105)86(114)122-70(48-72(107)61(4)46-62(5)74(109)50-73(108)60(3)45-58)25-22-63-20-23-68(24-21-63)123-89(115)99-53-64-51-95-87(96-52-64)103-33-35-104(36-34-103)88-97-55-67(56-98-88)84(112)93-30-38-118-40-42-120-44-43-119-41-39-117-37-27-77(110)91-28-11-13-32-106-83-78(81(90)100-57-101-83)79(102-106)66-47-65-26-29-92-82(65)94-54-66/h7-9,15-16,26,29,46-47,51-52,54-58,60-61,63,68-71,74-76,109H,10-14,17-25,27-28,30-45,48-50,53H2,1-6H3,(H,91,110)(H,92,94)(H,93,112)(H,99,115)(H2,90,100,101)/b9-7+,15-8+,59-16+,62-46+/t58-,60-,61-,63-,68-,69?,70-,71+,74+,75?,76+/m1/s1. The van der Waals surface area contributed by atoms with Gasteiger partial charge in [-0.3, -0.25) is 28.8 Å². The quantitative estimate of drug-likeness (QED) is 0.0102. The van der Waals surface area contributed by atoms with Crippen molar-refractivity contribution in [3.8, 4) is 11.3 Å². The average molecular weight is 1700 g/mol. The van der Waals surface area contributed by atoms with E-state index in [9.17, 15) is 43.5 Å². The summed E-state index contributed by atoms with van der Waals surface area (Å²) < 4.78 is 48.6. The maximum absolute atomic E-state index is 14.5. The van der Waals surface area contributed by atoms with E-state index in [1.807, 2.05) is 79.1 Å². The van der Waals surface area contributed by atoms with Crippen molar-refractivity contribution in [2.45, 2.75) is 212 Å². The van der Waals surface area contributed by atoms with Crippen LogP contribution in [0.3, 0.4) is 0 Å². The van der Waals surface area contributed by atoms with Crippen LogP contribution in [0.1, 0.15) is 173 Å². The Balaban J connectivity index is 0.529. The number of nitrogens with two attached hydrogens (primary N) is 1. The van der Waals surface area contributed by atoms with Gasteiger partial charge in [0.25, 0.3) is 11.8 Å². The molecule has 34 nitrogen and oxygen atoms in total. The Labute approximate surface area is 718 Å². The highest BCUT2D eigenvalue weighted by atomic mass is 16.6. The molecule has 7 N–H and O–H groups in total. The molecule has 666 valence electrons. The first kappa shape index (κ1) is 93.3. The zero-order valence-corrected chi connectivity index (χ0v) is 71.9. The van der Waals surface area contributed by atoms with Crippen LogP contribution in [0, 0.1) is 23.7 Å². The summed E-state index contributed by atoms with van der Waals surface area (Å²) in [7, 11) is 1.63. The van der Waals surface area contributed by atoms with Crippen molar-refractivity contribution in [1.29, 1.82) is 0 Å². The highest BCUT2D eigenvalue weighted by Crippen LogP contribution is 2.35. The lowest BCUT2D eigenvalue weighted by molar-refractivity contribution is -0.167. The Morgan fingerprint density at radius 3 is 2.12 bits per heavy atom. The third-order valence-corrected chi connectivity index (χ3v) is 23.4. The molecule has 0 aromatic carbocycles. The Morgan fingerprint density at radius 1 is 0.691 bits per heavy atom. The van der Waals surface area contributed by atoms with E-state index in [2.05, 4.69) is 60.7 Å². The number of cyclic esters (lactones) is 1. The number of allylic oxidation sites excluding steroid dienone is 6. The lowest BCUT2D eigenvalue weighted by atomic mass is 9.83. The molecule has 10 heterocycles. The molecule has 1 aliphatic carbocycles. The number of piperazine rings is 1. The SMILES string of the molecule is CO[C@H]1CC2CCCC(O2)C(=O)C(=O)N2CCCC[C@H]2C(=O)O[C@H](CC[C@H]2CC[C@H](OC(=O)NCc3cnc(N4CCN(c5ncc(C(=O)NCCOCCOCCOCCOCCC(=O)NCCCCn6nc(-c7cnc8[nH]ccc8c7)c7c(N)ncnc76)cn5)CC4)nc3)CC2)CC(=O)[C@H](C)/C=C(\C)[C@@H](O)CC(=O)[C@H](C)C[C@H](C)/C=C/C=C/C=C/1C. The van der Waals surface area contributed by atoms with E-state index in [0.717, 1.165) is 47.9 Å². The summed E-state index contributed by atoms with van der Waals surface area (Å²) in [5.41, 5.74) is 11.7. The number of carbonyl (C=O) groups excluding carboxylic acids is 8. The number of fused-ring (bicyclic) bond motifs is 5. The first-order chi connectivity index (χ1) is 59.6. The number of esters is 1. The summed E-state index contributed by atoms with van der Waals surface area (Å²) in [5, 5.41) is 26.3. The monoisotopic (exact) mass is 1700 g/mol. The van der Waals surface area contributed by atoms with Crippen LogP contribution < -0.4 is 31.5 Å². The van der Waals surface area contributed by atoms with Crippen molar-refractivity contribution >= 4 is 86.9 Å². The predicted molar refractivity (Wildman–Crippen MR) is 459 cm³/mol. The minimum absolute atomic E-state index is 0.0802. The fourth-order valence-electron chi connectivity index (χ4n) is 16.1. The van der Waals surface area contributed by atoms with Gasteiger partial charge in [0, 0.05) is 157 Å². The number of rotatable bonds is 31.